The Hall–Kier alpha value is -3.93. The second kappa shape index (κ2) is 9.28. The predicted molar refractivity (Wildman–Crippen MR) is 128 cm³/mol. The first-order chi connectivity index (χ1) is 16.2. The SMILES string of the molecule is O=C1C(c2ccccc2)=C(N2CCN(c3ccccn3)CC2)C(=O)N1CCc1ccccc1. The van der Waals surface area contributed by atoms with Gasteiger partial charge in [-0.3, -0.25) is 14.5 Å². The van der Waals surface area contributed by atoms with E-state index in [4.69, 9.17) is 0 Å². The third-order valence-electron chi connectivity index (χ3n) is 6.24. The molecule has 5 rings (SSSR count). The van der Waals surface area contributed by atoms with E-state index in [-0.39, 0.29) is 11.8 Å². The Morgan fingerprint density at radius 3 is 2.00 bits per heavy atom. The maximum atomic E-state index is 13.6. The lowest BCUT2D eigenvalue weighted by atomic mass is 10.0. The van der Waals surface area contributed by atoms with Crippen LogP contribution in [0.1, 0.15) is 11.1 Å². The van der Waals surface area contributed by atoms with E-state index in [1.165, 1.54) is 4.90 Å². The van der Waals surface area contributed by atoms with Crippen LogP contribution in [0.25, 0.3) is 5.57 Å². The highest BCUT2D eigenvalue weighted by Crippen LogP contribution is 2.32. The number of benzene rings is 2. The predicted octanol–water partition coefficient (Wildman–Crippen LogP) is 3.23. The minimum Gasteiger partial charge on any atom is -0.363 e. The molecule has 33 heavy (non-hydrogen) atoms. The number of imide groups is 1. The molecule has 0 unspecified atom stereocenters. The molecular weight excluding hydrogens is 412 g/mol. The minimum absolute atomic E-state index is 0.193. The number of carbonyl (C=O) groups is 2. The molecule has 1 aromatic heterocycles. The van der Waals surface area contributed by atoms with Gasteiger partial charge in [0.25, 0.3) is 11.8 Å². The monoisotopic (exact) mass is 438 g/mol. The van der Waals surface area contributed by atoms with Crippen LogP contribution in [0.2, 0.25) is 0 Å². The number of hydrogen-bond donors (Lipinski definition) is 0. The second-order valence-electron chi connectivity index (χ2n) is 8.25. The summed E-state index contributed by atoms with van der Waals surface area (Å²) in [4.78, 5) is 37.2. The van der Waals surface area contributed by atoms with E-state index in [1.807, 2.05) is 78.9 Å². The molecule has 0 radical (unpaired) electrons. The number of aromatic nitrogens is 1. The van der Waals surface area contributed by atoms with E-state index >= 15 is 0 Å². The summed E-state index contributed by atoms with van der Waals surface area (Å²) in [6, 6.07) is 25.4. The van der Waals surface area contributed by atoms with Crippen molar-refractivity contribution < 1.29 is 9.59 Å². The van der Waals surface area contributed by atoms with Crippen LogP contribution in [0.15, 0.2) is 90.8 Å². The molecule has 0 bridgehead atoms. The van der Waals surface area contributed by atoms with Gasteiger partial charge in [-0.05, 0) is 29.7 Å². The molecule has 0 atom stereocenters. The summed E-state index contributed by atoms with van der Waals surface area (Å²) in [5.41, 5.74) is 2.94. The van der Waals surface area contributed by atoms with Crippen LogP contribution < -0.4 is 4.90 Å². The Labute approximate surface area is 193 Å². The van der Waals surface area contributed by atoms with Gasteiger partial charge in [-0.25, -0.2) is 4.98 Å². The first kappa shape index (κ1) is 20.9. The zero-order chi connectivity index (χ0) is 22.6. The molecule has 0 spiro atoms. The van der Waals surface area contributed by atoms with Gasteiger partial charge in [-0.1, -0.05) is 66.7 Å². The molecule has 2 aliphatic rings. The molecule has 6 nitrogen and oxygen atoms in total. The standard InChI is InChI=1S/C27H26N4O2/c32-26-24(22-11-5-2-6-12-22)25(27(33)31(26)16-14-21-9-3-1-4-10-21)30-19-17-29(18-20-30)23-13-7-8-15-28-23/h1-13,15H,14,16-20H2. The van der Waals surface area contributed by atoms with Crippen molar-refractivity contribution >= 4 is 23.2 Å². The number of hydrogen-bond acceptors (Lipinski definition) is 5. The van der Waals surface area contributed by atoms with Gasteiger partial charge in [0.1, 0.15) is 11.5 Å². The molecule has 0 N–H and O–H groups in total. The molecule has 3 aromatic rings. The molecule has 3 heterocycles. The zero-order valence-electron chi connectivity index (χ0n) is 18.4. The quantitative estimate of drug-likeness (QED) is 0.553. The van der Waals surface area contributed by atoms with Crippen LogP contribution in [0, 0.1) is 0 Å². The fourth-order valence-electron chi connectivity index (χ4n) is 4.51. The van der Waals surface area contributed by atoms with Gasteiger partial charge in [-0.2, -0.15) is 0 Å². The van der Waals surface area contributed by atoms with Gasteiger partial charge in [0.05, 0.1) is 5.57 Å². The lowest BCUT2D eigenvalue weighted by Crippen LogP contribution is -2.48. The van der Waals surface area contributed by atoms with Crippen molar-refractivity contribution in [2.45, 2.75) is 6.42 Å². The number of anilines is 1. The Morgan fingerprint density at radius 2 is 1.33 bits per heavy atom. The van der Waals surface area contributed by atoms with Crippen molar-refractivity contribution in [2.75, 3.05) is 37.6 Å². The normalized spacial score (nSPS) is 16.7. The van der Waals surface area contributed by atoms with Crippen molar-refractivity contribution in [1.82, 2.24) is 14.8 Å². The van der Waals surface area contributed by atoms with Crippen molar-refractivity contribution in [3.8, 4) is 0 Å². The molecule has 0 saturated carbocycles. The van der Waals surface area contributed by atoms with Gasteiger partial charge in [0.15, 0.2) is 0 Å². The number of piperazine rings is 1. The average Bonchev–Trinajstić information content (AvgIpc) is 3.13. The number of rotatable bonds is 6. The van der Waals surface area contributed by atoms with Crippen LogP contribution in [0.5, 0.6) is 0 Å². The van der Waals surface area contributed by atoms with E-state index in [1.54, 1.807) is 6.20 Å². The van der Waals surface area contributed by atoms with Crippen LogP contribution in [-0.2, 0) is 16.0 Å². The zero-order valence-corrected chi connectivity index (χ0v) is 18.4. The van der Waals surface area contributed by atoms with Crippen molar-refractivity contribution in [2.24, 2.45) is 0 Å². The molecule has 1 fully saturated rings. The second-order valence-corrected chi connectivity index (χ2v) is 8.25. The average molecular weight is 439 g/mol. The summed E-state index contributed by atoms with van der Waals surface area (Å²) in [7, 11) is 0. The van der Waals surface area contributed by atoms with Crippen LogP contribution in [0.4, 0.5) is 5.82 Å². The van der Waals surface area contributed by atoms with Crippen molar-refractivity contribution in [1.29, 1.82) is 0 Å². The van der Waals surface area contributed by atoms with Crippen LogP contribution in [0.3, 0.4) is 0 Å². The largest absolute Gasteiger partial charge is 0.363 e. The Morgan fingerprint density at radius 1 is 0.697 bits per heavy atom. The van der Waals surface area contributed by atoms with E-state index in [9.17, 15) is 9.59 Å². The van der Waals surface area contributed by atoms with Gasteiger partial charge in [0, 0.05) is 38.9 Å². The Balaban J connectivity index is 1.39. The van der Waals surface area contributed by atoms with Gasteiger partial charge in [-0.15, -0.1) is 0 Å². The smallest absolute Gasteiger partial charge is 0.277 e. The molecule has 1 saturated heterocycles. The summed E-state index contributed by atoms with van der Waals surface area (Å²) in [6.45, 7) is 3.18. The summed E-state index contributed by atoms with van der Waals surface area (Å²) in [5.74, 6) is 0.540. The van der Waals surface area contributed by atoms with Gasteiger partial charge < -0.3 is 9.80 Å². The number of amides is 2. The highest BCUT2D eigenvalue weighted by atomic mass is 16.2. The lowest BCUT2D eigenvalue weighted by Gasteiger charge is -2.37. The summed E-state index contributed by atoms with van der Waals surface area (Å²) in [5, 5.41) is 0. The highest BCUT2D eigenvalue weighted by molar-refractivity contribution is 6.35. The van der Waals surface area contributed by atoms with E-state index < -0.39 is 0 Å². The first-order valence-electron chi connectivity index (χ1n) is 11.3. The molecule has 0 aliphatic carbocycles. The lowest BCUT2D eigenvalue weighted by molar-refractivity contribution is -0.137. The molecule has 6 heteroatoms. The van der Waals surface area contributed by atoms with Gasteiger partial charge in [0.2, 0.25) is 0 Å². The fraction of sp³-hybridized carbons (Fsp3) is 0.222. The van der Waals surface area contributed by atoms with Crippen molar-refractivity contribution in [3.63, 3.8) is 0 Å². The maximum absolute atomic E-state index is 13.6. The van der Waals surface area contributed by atoms with Gasteiger partial charge >= 0.3 is 0 Å². The number of pyridine rings is 1. The fourth-order valence-corrected chi connectivity index (χ4v) is 4.51. The Kier molecular flexibility index (Phi) is 5.89. The first-order valence-corrected chi connectivity index (χ1v) is 11.3. The maximum Gasteiger partial charge on any atom is 0.277 e. The van der Waals surface area contributed by atoms with Crippen LogP contribution >= 0.6 is 0 Å². The minimum atomic E-state index is -0.204. The molecule has 166 valence electrons. The third kappa shape index (κ3) is 4.24. The molecule has 2 aliphatic heterocycles. The summed E-state index contributed by atoms with van der Waals surface area (Å²) >= 11 is 0. The number of carbonyl (C=O) groups excluding carboxylic acids is 2. The topological polar surface area (TPSA) is 56.8 Å². The summed E-state index contributed by atoms with van der Waals surface area (Å²) < 4.78 is 0. The van der Waals surface area contributed by atoms with Crippen molar-refractivity contribution in [3.05, 3.63) is 102 Å². The Bertz CT molecular complexity index is 1150. The van der Waals surface area contributed by atoms with E-state index in [0.29, 0.717) is 37.3 Å². The third-order valence-corrected chi connectivity index (χ3v) is 6.24. The molecule has 2 amide bonds. The van der Waals surface area contributed by atoms with E-state index in [2.05, 4.69) is 14.8 Å². The van der Waals surface area contributed by atoms with Crippen LogP contribution in [-0.4, -0.2) is 59.3 Å². The van der Waals surface area contributed by atoms with E-state index in [0.717, 1.165) is 30.0 Å². The molecular formula is C27H26N4O2. The summed E-state index contributed by atoms with van der Waals surface area (Å²) in [6.07, 6.45) is 2.43. The highest BCUT2D eigenvalue weighted by Gasteiger charge is 2.41. The number of nitrogens with zero attached hydrogens (tertiary/aromatic N) is 4. The molecule has 2 aromatic carbocycles.